The molecule has 2 saturated heterocycles. The molecule has 326 valence electrons. The zero-order valence-corrected chi connectivity index (χ0v) is 35.0. The van der Waals surface area contributed by atoms with Crippen molar-refractivity contribution in [2.75, 3.05) is 36.4 Å². The quantitative estimate of drug-likeness (QED) is 0.0623. The average molecular weight is 883 g/mol. The highest BCUT2D eigenvalue weighted by Crippen LogP contribution is 2.30. The van der Waals surface area contributed by atoms with Gasteiger partial charge in [0.1, 0.15) is 0 Å². The Morgan fingerprint density at radius 3 is 1.20 bits per heavy atom. The van der Waals surface area contributed by atoms with E-state index in [-0.39, 0.29) is 46.5 Å². The van der Waals surface area contributed by atoms with Crippen molar-refractivity contribution in [1.29, 1.82) is 0 Å². The average Bonchev–Trinajstić information content (AvgIpc) is 3.14. The Balaban J connectivity index is 1.69. The first-order valence-electron chi connectivity index (χ1n) is 17.6. The molecule has 4 heterocycles. The van der Waals surface area contributed by atoms with Crippen LogP contribution in [0.1, 0.15) is 41.5 Å². The summed E-state index contributed by atoms with van der Waals surface area (Å²) in [6.45, 7) is 6.03. The molecule has 2 aliphatic rings. The predicted octanol–water partition coefficient (Wildman–Crippen LogP) is 0.528. The molecule has 0 saturated carbocycles. The maximum atomic E-state index is 13.3. The van der Waals surface area contributed by atoms with Crippen molar-refractivity contribution in [3.05, 3.63) is 20.7 Å². The van der Waals surface area contributed by atoms with E-state index in [9.17, 15) is 38.4 Å². The number of hydrogen-bond donors (Lipinski definition) is 4. The molecule has 8 atom stereocenters. The summed E-state index contributed by atoms with van der Waals surface area (Å²) in [5, 5.41) is 5.99. The van der Waals surface area contributed by atoms with E-state index in [1.807, 2.05) is 0 Å². The summed E-state index contributed by atoms with van der Waals surface area (Å²) in [5.41, 5.74) is -2.17. The van der Waals surface area contributed by atoms with Crippen molar-refractivity contribution >= 4 is 94.8 Å². The van der Waals surface area contributed by atoms with Gasteiger partial charge in [-0.1, -0.05) is 23.5 Å². The molecule has 0 aromatic carbocycles. The summed E-state index contributed by atoms with van der Waals surface area (Å²) in [5.74, 6) is -4.96. The third-order valence-electron chi connectivity index (χ3n) is 7.87. The van der Waals surface area contributed by atoms with Crippen LogP contribution < -0.4 is 21.8 Å². The van der Waals surface area contributed by atoms with E-state index in [1.54, 1.807) is 12.5 Å². The van der Waals surface area contributed by atoms with Crippen molar-refractivity contribution in [3.63, 3.8) is 0 Å². The minimum absolute atomic E-state index is 0.138. The second-order valence-electron chi connectivity index (χ2n) is 12.5. The lowest BCUT2D eigenvalue weighted by Gasteiger charge is -2.40. The Morgan fingerprint density at radius 2 is 0.900 bits per heavy atom. The molecule has 0 unspecified atom stereocenters. The number of thioether (sulfide) groups is 2. The van der Waals surface area contributed by atoms with E-state index in [0.717, 1.165) is 77.5 Å². The van der Waals surface area contributed by atoms with Crippen LogP contribution >= 0.6 is 23.5 Å². The van der Waals surface area contributed by atoms with Crippen LogP contribution in [0.4, 0.5) is 23.0 Å². The molecule has 0 aliphatic carbocycles. The van der Waals surface area contributed by atoms with Crippen LogP contribution in [-0.2, 0) is 66.7 Å². The zero-order valence-electron chi connectivity index (χ0n) is 33.3. The molecule has 2 fully saturated rings. The van der Waals surface area contributed by atoms with E-state index in [0.29, 0.717) is 0 Å². The summed E-state index contributed by atoms with van der Waals surface area (Å²) in [6.07, 6.45) is -5.11. The largest absolute Gasteiger partial charge is 0.456 e. The Bertz CT molecular complexity index is 1980. The van der Waals surface area contributed by atoms with E-state index in [4.69, 9.17) is 37.9 Å². The number of carbonyl (C=O) groups excluding carboxylic acids is 6. The third kappa shape index (κ3) is 12.8. The number of hydrogen-bond acceptors (Lipinski definition) is 24. The Labute approximate surface area is 348 Å². The van der Waals surface area contributed by atoms with Gasteiger partial charge in [-0.25, -0.2) is 20.0 Å². The van der Waals surface area contributed by atoms with Crippen molar-refractivity contribution in [3.8, 4) is 0 Å². The normalized spacial score (nSPS) is 23.9. The van der Waals surface area contributed by atoms with Gasteiger partial charge in [0, 0.05) is 54.0 Å². The highest BCUT2D eigenvalue weighted by Gasteiger charge is 2.48. The van der Waals surface area contributed by atoms with Gasteiger partial charge in [0.15, 0.2) is 82.4 Å². The van der Waals surface area contributed by atoms with E-state index in [1.165, 1.54) is 0 Å². The van der Waals surface area contributed by atoms with Crippen LogP contribution in [0.15, 0.2) is 29.9 Å². The summed E-state index contributed by atoms with van der Waals surface area (Å²) in [7, 11) is 0. The van der Waals surface area contributed by atoms with Crippen molar-refractivity contribution < 1.29 is 66.7 Å². The third-order valence-corrected chi connectivity index (χ3v) is 9.03. The molecule has 0 bridgehead atoms. The highest BCUT2D eigenvalue weighted by atomic mass is 32.2. The van der Waals surface area contributed by atoms with Crippen molar-refractivity contribution in [1.82, 2.24) is 19.9 Å². The fourth-order valence-electron chi connectivity index (χ4n) is 5.74. The number of anilines is 2. The van der Waals surface area contributed by atoms with Gasteiger partial charge in [0.05, 0.1) is 13.2 Å². The molecule has 0 spiro atoms. The maximum absolute atomic E-state index is 13.3. The second kappa shape index (κ2) is 21.4. The molecule has 4 rings (SSSR count). The fourth-order valence-corrected chi connectivity index (χ4v) is 6.50. The van der Waals surface area contributed by atoms with Crippen molar-refractivity contribution in [2.45, 2.75) is 101 Å². The maximum Gasteiger partial charge on any atom is 0.303 e. The summed E-state index contributed by atoms with van der Waals surface area (Å²) in [4.78, 5) is 121. The molecule has 26 heteroatoms. The van der Waals surface area contributed by atoms with Crippen LogP contribution in [0.2, 0.25) is 0 Å². The number of rotatable bonds is 15. The van der Waals surface area contributed by atoms with Crippen LogP contribution in [0.5, 0.6) is 0 Å². The fraction of sp³-hybridized carbons (Fsp3) is 0.529. The van der Waals surface area contributed by atoms with Gasteiger partial charge in [0.2, 0.25) is 0 Å². The molecule has 2 aromatic heterocycles. The number of esters is 6. The van der Waals surface area contributed by atoms with Gasteiger partial charge in [-0.15, -0.1) is 0 Å². The first-order valence-corrected chi connectivity index (χ1v) is 20.1. The van der Waals surface area contributed by atoms with Gasteiger partial charge in [-0.3, -0.25) is 48.3 Å². The first-order chi connectivity index (χ1) is 28.4. The molecule has 4 N–H and O–H groups in total. The van der Waals surface area contributed by atoms with Crippen molar-refractivity contribution in [2.24, 2.45) is 9.98 Å². The minimum Gasteiger partial charge on any atom is -0.456 e. The van der Waals surface area contributed by atoms with Gasteiger partial charge in [-0.05, 0) is 12.5 Å². The van der Waals surface area contributed by atoms with Gasteiger partial charge in [-0.2, -0.15) is 0 Å². The monoisotopic (exact) mass is 882 g/mol. The number of H-pyrrole nitrogens is 2. The molecule has 60 heavy (non-hydrogen) atoms. The van der Waals surface area contributed by atoms with Crippen LogP contribution in [0, 0.1) is 0 Å². The van der Waals surface area contributed by atoms with E-state index >= 15 is 0 Å². The standard InChI is InChI=1S/C34H42N8O16S2/c1-13(43)53-19-11-51-31(25(57-17(5)47)23(19)55-15(3)45)37-27-21(29(49)41-33(39-27)59-7)35-9-10-36-22-28(40-34(60-8)42-30(22)50)38-32-26(58-18(6)48)24(56-16(4)46)20(12-52-32)54-14(2)44/h9-10,19-20,23-26,31-32H,11-12H2,1-8H3,(H2,37,39,41,49)(H2,38,40,42,50)/t19-,20-,23-,24-,25-,26+,31+,32+/m0/s1. The second-order valence-corrected chi connectivity index (χ2v) is 14.1. The molecular formula is C34H42N8O16S2. The molecule has 24 nitrogen and oxygen atoms in total. The highest BCUT2D eigenvalue weighted by molar-refractivity contribution is 7.98. The van der Waals surface area contributed by atoms with Crippen LogP contribution in [-0.4, -0.2) is 143 Å². The van der Waals surface area contributed by atoms with Gasteiger partial charge < -0.3 is 48.5 Å². The Hall–Kier alpha value is -5.86. The zero-order chi connectivity index (χ0) is 44.3. The molecule has 0 amide bonds. The Kier molecular flexibility index (Phi) is 16.7. The number of nitrogens with zero attached hydrogens (tertiary/aromatic N) is 4. The number of aromatic nitrogens is 4. The van der Waals surface area contributed by atoms with Gasteiger partial charge >= 0.3 is 35.8 Å². The van der Waals surface area contributed by atoms with Crippen LogP contribution in [0.3, 0.4) is 0 Å². The minimum atomic E-state index is -1.42. The summed E-state index contributed by atoms with van der Waals surface area (Å²) in [6, 6.07) is 0. The number of aliphatic imine (C=N–C) groups is 2. The lowest BCUT2D eigenvalue weighted by atomic mass is 10.0. The number of nitrogens with one attached hydrogen (secondary N) is 4. The molecule has 2 aliphatic heterocycles. The number of ether oxygens (including phenoxy) is 8. The van der Waals surface area contributed by atoms with E-state index < -0.39 is 96.0 Å². The smallest absolute Gasteiger partial charge is 0.303 e. The first kappa shape index (κ1) is 46.8. The predicted molar refractivity (Wildman–Crippen MR) is 210 cm³/mol. The summed E-state index contributed by atoms with van der Waals surface area (Å²) < 4.78 is 43.8. The van der Waals surface area contributed by atoms with Crippen LogP contribution in [0.25, 0.3) is 0 Å². The summed E-state index contributed by atoms with van der Waals surface area (Å²) >= 11 is 2.15. The lowest BCUT2D eigenvalue weighted by molar-refractivity contribution is -0.221. The molecule has 2 aromatic rings. The number of aromatic amines is 2. The topological polar surface area (TPSA) is 317 Å². The molecule has 0 radical (unpaired) electrons. The SMILES string of the molecule is CSc1nc(N[C@@H]2OC[C@H](OC(C)=O)[C@H](OC(C)=O)[C@H]2OC(C)=O)c(N=CC=Nc2c(N[C@@H]3OC[C@H](OC(C)=O)[C@H](OC(C)=O)[C@@H]3OC(C)=O)nc(SC)[nH]c2=O)c(=O)[nH]1. The van der Waals surface area contributed by atoms with Gasteiger partial charge in [0.25, 0.3) is 11.1 Å². The Morgan fingerprint density at radius 1 is 0.583 bits per heavy atom. The van der Waals surface area contributed by atoms with E-state index in [2.05, 4.69) is 40.6 Å². The lowest BCUT2D eigenvalue weighted by Crippen LogP contribution is -2.59. The number of carbonyl (C=O) groups is 6. The molecular weight excluding hydrogens is 841 g/mol.